The average molecular weight is 193 g/mol. The van der Waals surface area contributed by atoms with Gasteiger partial charge >= 0.3 is 5.97 Å². The van der Waals surface area contributed by atoms with Gasteiger partial charge in [0, 0.05) is 0 Å². The maximum absolute atomic E-state index is 10.9. The fourth-order valence-electron chi connectivity index (χ4n) is 1.03. The molecule has 74 valence electrons. The zero-order chi connectivity index (χ0) is 10.2. The second-order valence-corrected chi connectivity index (χ2v) is 2.70. The Labute approximate surface area is 81.8 Å². The summed E-state index contributed by atoms with van der Waals surface area (Å²) in [6.07, 6.45) is 1.19. The largest absolute Gasteiger partial charge is 0.341 e. The topological polar surface area (TPSA) is 55.4 Å². The Morgan fingerprint density at radius 1 is 1.36 bits per heavy atom. The van der Waals surface area contributed by atoms with Gasteiger partial charge in [0.05, 0.1) is 6.42 Å². The lowest BCUT2D eigenvalue weighted by molar-refractivity contribution is -0.154. The molecule has 1 N–H and O–H groups in total. The minimum atomic E-state index is -0.444. The van der Waals surface area contributed by atoms with Crippen LogP contribution in [0.15, 0.2) is 30.3 Å². The summed E-state index contributed by atoms with van der Waals surface area (Å²) in [7, 11) is 0. The predicted octanol–water partition coefficient (Wildman–Crippen LogP) is 0.823. The van der Waals surface area contributed by atoms with Crippen LogP contribution in [0.25, 0.3) is 0 Å². The highest BCUT2D eigenvalue weighted by molar-refractivity contribution is 5.70. The summed E-state index contributed by atoms with van der Waals surface area (Å²) in [5, 5.41) is 0. The summed E-state index contributed by atoms with van der Waals surface area (Å²) in [4.78, 5) is 25.1. The maximum atomic E-state index is 10.9. The van der Waals surface area contributed by atoms with Gasteiger partial charge in [0.25, 0.3) is 0 Å². The lowest BCUT2D eigenvalue weighted by Crippen LogP contribution is -2.18. The van der Waals surface area contributed by atoms with Gasteiger partial charge in [-0.3, -0.25) is 4.79 Å². The quantitative estimate of drug-likeness (QED) is 0.556. The van der Waals surface area contributed by atoms with E-state index in [1.54, 1.807) is 0 Å². The minimum absolute atomic E-state index is 0.255. The van der Waals surface area contributed by atoms with Gasteiger partial charge in [0.2, 0.25) is 6.41 Å². The monoisotopic (exact) mass is 193 g/mol. The van der Waals surface area contributed by atoms with Crippen molar-refractivity contribution in [2.45, 2.75) is 12.8 Å². The number of rotatable bonds is 5. The Morgan fingerprint density at radius 3 is 2.71 bits per heavy atom. The Morgan fingerprint density at radius 2 is 2.07 bits per heavy atom. The molecule has 0 aliphatic rings. The molecule has 0 aromatic heterocycles. The van der Waals surface area contributed by atoms with Crippen LogP contribution in [-0.2, 0) is 20.8 Å². The van der Waals surface area contributed by atoms with E-state index >= 15 is 0 Å². The smallest absolute Gasteiger partial charge is 0.332 e. The molecule has 4 heteroatoms. The first-order valence-corrected chi connectivity index (χ1v) is 4.25. The van der Waals surface area contributed by atoms with Crippen molar-refractivity contribution in [2.75, 3.05) is 0 Å². The first kappa shape index (κ1) is 10.2. The summed E-state index contributed by atoms with van der Waals surface area (Å²) in [5.74, 6) is -0.444. The summed E-state index contributed by atoms with van der Waals surface area (Å²) in [6.45, 7) is 0. The fourth-order valence-corrected chi connectivity index (χ4v) is 1.03. The first-order chi connectivity index (χ1) is 6.83. The number of benzene rings is 1. The molecule has 0 aliphatic carbocycles. The van der Waals surface area contributed by atoms with Crippen LogP contribution in [0, 0.1) is 0 Å². The van der Waals surface area contributed by atoms with Crippen LogP contribution in [0.5, 0.6) is 0 Å². The van der Waals surface area contributed by atoms with Gasteiger partial charge in [-0.2, -0.15) is 5.48 Å². The van der Waals surface area contributed by atoms with Crippen molar-refractivity contribution in [2.24, 2.45) is 0 Å². The molecule has 0 heterocycles. The number of carbonyl (C=O) groups excluding carboxylic acids is 2. The normalized spacial score (nSPS) is 9.14. The second kappa shape index (κ2) is 5.75. The highest BCUT2D eigenvalue weighted by Gasteiger charge is 2.02. The van der Waals surface area contributed by atoms with Crippen molar-refractivity contribution in [3.8, 4) is 0 Å². The van der Waals surface area contributed by atoms with Gasteiger partial charge in [-0.15, -0.1) is 0 Å². The molecule has 4 nitrogen and oxygen atoms in total. The summed E-state index contributed by atoms with van der Waals surface area (Å²) in [6, 6.07) is 9.59. The number of carbonyl (C=O) groups is 2. The van der Waals surface area contributed by atoms with Gasteiger partial charge < -0.3 is 4.84 Å². The van der Waals surface area contributed by atoms with Crippen molar-refractivity contribution in [1.29, 1.82) is 0 Å². The molecule has 1 aromatic carbocycles. The maximum Gasteiger partial charge on any atom is 0.332 e. The van der Waals surface area contributed by atoms with Gasteiger partial charge in [-0.25, -0.2) is 4.79 Å². The Kier molecular flexibility index (Phi) is 4.20. The molecule has 0 spiro atoms. The van der Waals surface area contributed by atoms with Crippen LogP contribution in [0.4, 0.5) is 0 Å². The van der Waals surface area contributed by atoms with Crippen LogP contribution >= 0.6 is 0 Å². The predicted molar refractivity (Wildman–Crippen MR) is 50.1 cm³/mol. The Hall–Kier alpha value is -1.84. The van der Waals surface area contributed by atoms with Crippen LogP contribution in [-0.4, -0.2) is 12.4 Å². The van der Waals surface area contributed by atoms with Gasteiger partial charge in [-0.05, 0) is 12.0 Å². The average Bonchev–Trinajstić information content (AvgIpc) is 2.25. The number of amides is 1. The van der Waals surface area contributed by atoms with Crippen molar-refractivity contribution in [3.63, 3.8) is 0 Å². The van der Waals surface area contributed by atoms with Crippen molar-refractivity contribution < 1.29 is 14.4 Å². The number of hydrogen-bond acceptors (Lipinski definition) is 3. The lowest BCUT2D eigenvalue weighted by Gasteiger charge is -2.00. The molecular weight excluding hydrogens is 182 g/mol. The highest BCUT2D eigenvalue weighted by Crippen LogP contribution is 2.02. The third-order valence-electron chi connectivity index (χ3n) is 1.68. The van der Waals surface area contributed by atoms with Crippen molar-refractivity contribution >= 4 is 12.4 Å². The third-order valence-corrected chi connectivity index (χ3v) is 1.68. The molecule has 1 rings (SSSR count). The van der Waals surface area contributed by atoms with Crippen LogP contribution in [0.2, 0.25) is 0 Å². The van der Waals surface area contributed by atoms with Crippen LogP contribution in [0.1, 0.15) is 12.0 Å². The van der Waals surface area contributed by atoms with E-state index in [2.05, 4.69) is 4.84 Å². The van der Waals surface area contributed by atoms with E-state index in [1.807, 2.05) is 35.8 Å². The molecule has 0 radical (unpaired) electrons. The number of hydrogen-bond donors (Lipinski definition) is 1. The third kappa shape index (κ3) is 3.71. The molecule has 1 aromatic rings. The SMILES string of the molecule is O=CNOC(=O)CCc1ccccc1. The summed E-state index contributed by atoms with van der Waals surface area (Å²) < 4.78 is 0. The number of nitrogens with one attached hydrogen (secondary N) is 1. The molecular formula is C10H11NO3. The van der Waals surface area contributed by atoms with Gasteiger partial charge in [0.1, 0.15) is 0 Å². The lowest BCUT2D eigenvalue weighted by atomic mass is 10.1. The standard InChI is InChI=1S/C10H11NO3/c12-8-11-14-10(13)7-6-9-4-2-1-3-5-9/h1-5,8H,6-7H2,(H,11,12). The molecule has 0 saturated carbocycles. The molecule has 0 saturated heterocycles. The van der Waals surface area contributed by atoms with E-state index < -0.39 is 5.97 Å². The zero-order valence-electron chi connectivity index (χ0n) is 7.60. The first-order valence-electron chi connectivity index (χ1n) is 4.25. The van der Waals surface area contributed by atoms with Gasteiger partial charge in [0.15, 0.2) is 0 Å². The number of aryl methyl sites for hydroxylation is 1. The van der Waals surface area contributed by atoms with E-state index in [9.17, 15) is 9.59 Å². The van der Waals surface area contributed by atoms with E-state index in [1.165, 1.54) is 0 Å². The van der Waals surface area contributed by atoms with E-state index in [0.29, 0.717) is 12.8 Å². The molecule has 0 unspecified atom stereocenters. The minimum Gasteiger partial charge on any atom is -0.341 e. The second-order valence-electron chi connectivity index (χ2n) is 2.70. The van der Waals surface area contributed by atoms with Crippen molar-refractivity contribution in [1.82, 2.24) is 5.48 Å². The van der Waals surface area contributed by atoms with Crippen LogP contribution < -0.4 is 5.48 Å². The molecule has 1 amide bonds. The Balaban J connectivity index is 2.27. The molecule has 0 aliphatic heterocycles. The summed E-state index contributed by atoms with van der Waals surface area (Å²) >= 11 is 0. The van der Waals surface area contributed by atoms with E-state index in [4.69, 9.17) is 0 Å². The number of hydroxylamine groups is 1. The molecule has 0 fully saturated rings. The van der Waals surface area contributed by atoms with Gasteiger partial charge in [-0.1, -0.05) is 30.3 Å². The Bertz CT molecular complexity index is 297. The fraction of sp³-hybridized carbons (Fsp3) is 0.200. The highest BCUT2D eigenvalue weighted by atomic mass is 16.7. The molecule has 0 atom stereocenters. The van der Waals surface area contributed by atoms with Crippen molar-refractivity contribution in [3.05, 3.63) is 35.9 Å². The van der Waals surface area contributed by atoms with Crippen LogP contribution in [0.3, 0.4) is 0 Å². The van der Waals surface area contributed by atoms with E-state index in [-0.39, 0.29) is 6.42 Å². The summed E-state index contributed by atoms with van der Waals surface area (Å²) in [5.41, 5.74) is 2.92. The zero-order valence-corrected chi connectivity index (χ0v) is 7.60. The molecule has 0 bridgehead atoms. The van der Waals surface area contributed by atoms with E-state index in [0.717, 1.165) is 5.56 Å². The molecule has 14 heavy (non-hydrogen) atoms.